The summed E-state index contributed by atoms with van der Waals surface area (Å²) in [6, 6.07) is 0.768. The lowest BCUT2D eigenvalue weighted by Gasteiger charge is -2.33. The van der Waals surface area contributed by atoms with E-state index in [0.717, 1.165) is 17.9 Å². The molecular formula is C11H20BrN. The van der Waals surface area contributed by atoms with E-state index in [-0.39, 0.29) is 0 Å². The lowest BCUT2D eigenvalue weighted by atomic mass is 10.0. The van der Waals surface area contributed by atoms with Crippen LogP contribution in [0.4, 0.5) is 0 Å². The number of rotatable bonds is 3. The molecular weight excluding hydrogens is 226 g/mol. The molecule has 0 aromatic rings. The Labute approximate surface area is 90.3 Å². The Balaban J connectivity index is 2.40. The minimum absolute atomic E-state index is 0.768. The summed E-state index contributed by atoms with van der Waals surface area (Å²) in [5.41, 5.74) is 1.43. The van der Waals surface area contributed by atoms with Gasteiger partial charge in [0.2, 0.25) is 0 Å². The number of allylic oxidation sites excluding steroid dienone is 1. The summed E-state index contributed by atoms with van der Waals surface area (Å²) in [5, 5.41) is 1.13. The first-order valence-electron chi connectivity index (χ1n) is 5.17. The van der Waals surface area contributed by atoms with E-state index in [1.807, 2.05) is 0 Å². The molecule has 1 nitrogen and oxygen atoms in total. The minimum atomic E-state index is 0.768. The first kappa shape index (κ1) is 11.3. The van der Waals surface area contributed by atoms with Crippen molar-refractivity contribution in [3.8, 4) is 0 Å². The van der Waals surface area contributed by atoms with Gasteiger partial charge in [0.1, 0.15) is 0 Å². The molecule has 0 spiro atoms. The molecule has 1 rings (SSSR count). The van der Waals surface area contributed by atoms with Crippen molar-refractivity contribution in [2.75, 3.05) is 18.4 Å². The second-order valence-corrected chi connectivity index (χ2v) is 4.73. The summed E-state index contributed by atoms with van der Waals surface area (Å²) < 4.78 is 0. The lowest BCUT2D eigenvalue weighted by Crippen LogP contribution is -2.40. The highest BCUT2D eigenvalue weighted by atomic mass is 79.9. The Morgan fingerprint density at radius 2 is 2.23 bits per heavy atom. The Kier molecular flexibility index (Phi) is 5.04. The van der Waals surface area contributed by atoms with E-state index in [9.17, 15) is 0 Å². The van der Waals surface area contributed by atoms with Gasteiger partial charge < -0.3 is 0 Å². The highest BCUT2D eigenvalue weighted by Crippen LogP contribution is 2.18. The van der Waals surface area contributed by atoms with E-state index in [2.05, 4.69) is 40.8 Å². The fourth-order valence-corrected chi connectivity index (χ4v) is 2.51. The quantitative estimate of drug-likeness (QED) is 0.546. The third kappa shape index (κ3) is 3.82. The molecule has 0 aromatic carbocycles. The van der Waals surface area contributed by atoms with Crippen LogP contribution in [0.5, 0.6) is 0 Å². The summed E-state index contributed by atoms with van der Waals surface area (Å²) in [5.74, 6) is 0. The molecule has 1 aliphatic rings. The van der Waals surface area contributed by atoms with E-state index in [1.54, 1.807) is 0 Å². The number of halogens is 1. The molecule has 0 amide bonds. The lowest BCUT2D eigenvalue weighted by molar-refractivity contribution is 0.183. The molecule has 0 N–H and O–H groups in total. The average Bonchev–Trinajstić information content (AvgIpc) is 2.15. The second kappa shape index (κ2) is 5.82. The van der Waals surface area contributed by atoms with E-state index in [4.69, 9.17) is 0 Å². The van der Waals surface area contributed by atoms with Gasteiger partial charge in [-0.2, -0.15) is 0 Å². The first-order valence-corrected chi connectivity index (χ1v) is 6.29. The number of hydrogen-bond acceptors (Lipinski definition) is 1. The summed E-state index contributed by atoms with van der Waals surface area (Å²) in [4.78, 5) is 2.59. The minimum Gasteiger partial charge on any atom is -0.296 e. The zero-order valence-corrected chi connectivity index (χ0v) is 10.3. The number of likely N-dealkylation sites (tertiary alicyclic amines) is 1. The third-order valence-corrected chi connectivity index (χ3v) is 3.41. The van der Waals surface area contributed by atoms with Crippen LogP contribution in [0.15, 0.2) is 11.6 Å². The average molecular weight is 246 g/mol. The number of hydrogen-bond donors (Lipinski definition) is 0. The van der Waals surface area contributed by atoms with Crippen LogP contribution in [0.3, 0.4) is 0 Å². The maximum Gasteiger partial charge on any atom is 0.0196 e. The molecule has 13 heavy (non-hydrogen) atoms. The molecule has 0 aromatic heterocycles. The first-order chi connectivity index (χ1) is 6.24. The molecule has 76 valence electrons. The summed E-state index contributed by atoms with van der Waals surface area (Å²) in [6.45, 7) is 6.76. The van der Waals surface area contributed by atoms with Crippen molar-refractivity contribution < 1.29 is 0 Å². The van der Waals surface area contributed by atoms with Gasteiger partial charge in [0.15, 0.2) is 0 Å². The topological polar surface area (TPSA) is 3.24 Å². The van der Waals surface area contributed by atoms with Crippen molar-refractivity contribution in [1.82, 2.24) is 4.90 Å². The van der Waals surface area contributed by atoms with Gasteiger partial charge in [0, 0.05) is 17.9 Å². The fraction of sp³-hybridized carbons (Fsp3) is 0.818. The van der Waals surface area contributed by atoms with Crippen LogP contribution in [0.25, 0.3) is 0 Å². The van der Waals surface area contributed by atoms with Crippen LogP contribution in [0.1, 0.15) is 33.1 Å². The summed E-state index contributed by atoms with van der Waals surface area (Å²) in [6.07, 6.45) is 6.48. The normalized spacial score (nSPS) is 24.4. The maximum absolute atomic E-state index is 3.60. The van der Waals surface area contributed by atoms with Gasteiger partial charge >= 0.3 is 0 Å². The molecule has 1 atom stereocenters. The van der Waals surface area contributed by atoms with Crippen LogP contribution in [-0.4, -0.2) is 29.4 Å². The van der Waals surface area contributed by atoms with Gasteiger partial charge in [0.05, 0.1) is 0 Å². The van der Waals surface area contributed by atoms with Crippen LogP contribution in [0, 0.1) is 0 Å². The summed E-state index contributed by atoms with van der Waals surface area (Å²) >= 11 is 3.60. The highest BCUT2D eigenvalue weighted by molar-refractivity contribution is 9.09. The van der Waals surface area contributed by atoms with E-state index in [0.29, 0.717) is 0 Å². The second-order valence-electron chi connectivity index (χ2n) is 4.08. The molecule has 0 bridgehead atoms. The predicted octanol–water partition coefficient (Wildman–Crippen LogP) is 3.20. The zero-order valence-electron chi connectivity index (χ0n) is 8.72. The van der Waals surface area contributed by atoms with Gasteiger partial charge in [-0.15, -0.1) is 0 Å². The fourth-order valence-electron chi connectivity index (χ4n) is 1.77. The van der Waals surface area contributed by atoms with E-state index < -0.39 is 0 Å². The van der Waals surface area contributed by atoms with Gasteiger partial charge in [-0.1, -0.05) is 34.0 Å². The van der Waals surface area contributed by atoms with Crippen molar-refractivity contribution in [2.45, 2.75) is 39.2 Å². The van der Waals surface area contributed by atoms with Gasteiger partial charge in [0.25, 0.3) is 0 Å². The smallest absolute Gasteiger partial charge is 0.0196 e. The predicted molar refractivity (Wildman–Crippen MR) is 62.4 cm³/mol. The molecule has 1 unspecified atom stereocenters. The number of alkyl halides is 1. The largest absolute Gasteiger partial charge is 0.296 e. The van der Waals surface area contributed by atoms with Gasteiger partial charge in [-0.3, -0.25) is 4.90 Å². The monoisotopic (exact) mass is 245 g/mol. The van der Waals surface area contributed by atoms with Crippen molar-refractivity contribution in [3.05, 3.63) is 11.6 Å². The molecule has 1 saturated heterocycles. The van der Waals surface area contributed by atoms with Crippen molar-refractivity contribution in [2.24, 2.45) is 0 Å². The van der Waals surface area contributed by atoms with Crippen LogP contribution >= 0.6 is 15.9 Å². The van der Waals surface area contributed by atoms with E-state index >= 15 is 0 Å². The Morgan fingerprint density at radius 1 is 1.46 bits per heavy atom. The van der Waals surface area contributed by atoms with Crippen LogP contribution < -0.4 is 0 Å². The van der Waals surface area contributed by atoms with Crippen molar-refractivity contribution >= 4 is 15.9 Å². The Bertz CT molecular complexity index is 173. The summed E-state index contributed by atoms with van der Waals surface area (Å²) in [7, 11) is 0. The molecule has 1 heterocycles. The van der Waals surface area contributed by atoms with Gasteiger partial charge in [-0.05, 0) is 33.2 Å². The molecule has 1 fully saturated rings. The molecule has 0 saturated carbocycles. The maximum atomic E-state index is 3.60. The molecule has 2 heteroatoms. The van der Waals surface area contributed by atoms with Crippen LogP contribution in [0.2, 0.25) is 0 Å². The third-order valence-electron chi connectivity index (χ3n) is 2.66. The van der Waals surface area contributed by atoms with Gasteiger partial charge in [-0.25, -0.2) is 0 Å². The molecule has 0 aliphatic carbocycles. The molecule has 0 radical (unpaired) electrons. The van der Waals surface area contributed by atoms with Crippen LogP contribution in [-0.2, 0) is 0 Å². The number of nitrogens with zero attached hydrogens (tertiary/aromatic N) is 1. The number of piperidine rings is 1. The van der Waals surface area contributed by atoms with E-state index in [1.165, 1.54) is 31.4 Å². The van der Waals surface area contributed by atoms with Crippen molar-refractivity contribution in [1.29, 1.82) is 0 Å². The Morgan fingerprint density at radius 3 is 2.85 bits per heavy atom. The zero-order chi connectivity index (χ0) is 9.68. The standard InChI is InChI=1S/C11H20BrN/c1-10(2)6-8-13-7-4-3-5-11(13)9-12/h6,11H,3-5,7-9H2,1-2H3. The van der Waals surface area contributed by atoms with Crippen molar-refractivity contribution in [3.63, 3.8) is 0 Å². The molecule has 1 aliphatic heterocycles. The highest BCUT2D eigenvalue weighted by Gasteiger charge is 2.19. The Hall–Kier alpha value is 0.180. The SMILES string of the molecule is CC(C)=CCN1CCCCC1CBr.